The molecule has 0 amide bonds. The molecule has 31 heavy (non-hydrogen) atoms. The van der Waals surface area contributed by atoms with Gasteiger partial charge in [0.1, 0.15) is 0 Å². The molecule has 8 aromatic rings. The van der Waals surface area contributed by atoms with E-state index in [0.717, 1.165) is 11.0 Å². The number of nitrogens with one attached hydrogen (secondary N) is 3. The van der Waals surface area contributed by atoms with Gasteiger partial charge in [0.2, 0.25) is 0 Å². The van der Waals surface area contributed by atoms with E-state index in [9.17, 15) is 0 Å². The Kier molecular flexibility index (Phi) is 2.65. The molecule has 0 atom stereocenters. The maximum Gasteiger partial charge on any atom is 0.0567 e. The average molecular weight is 395 g/mol. The van der Waals surface area contributed by atoms with E-state index in [1.165, 1.54) is 65.2 Å². The highest BCUT2D eigenvalue weighted by molar-refractivity contribution is 6.31. The first-order valence-corrected chi connectivity index (χ1v) is 10.6. The summed E-state index contributed by atoms with van der Waals surface area (Å²) < 4.78 is 0. The quantitative estimate of drug-likeness (QED) is 0.235. The Hall–Kier alpha value is -4.24. The predicted molar refractivity (Wildman–Crippen MR) is 132 cm³/mol. The molecule has 144 valence electrons. The smallest absolute Gasteiger partial charge is 0.0567 e. The van der Waals surface area contributed by atoms with E-state index in [4.69, 9.17) is 0 Å². The summed E-state index contributed by atoms with van der Waals surface area (Å²) in [6.45, 7) is 0. The summed E-state index contributed by atoms with van der Waals surface area (Å²) in [6, 6.07) is 30.6. The number of benzene rings is 5. The molecule has 0 spiro atoms. The van der Waals surface area contributed by atoms with Gasteiger partial charge in [0.25, 0.3) is 0 Å². The summed E-state index contributed by atoms with van der Waals surface area (Å²) in [5.74, 6) is 0. The molecular weight excluding hydrogens is 378 g/mol. The third-order valence-electron chi connectivity index (χ3n) is 6.84. The number of hydrogen-bond acceptors (Lipinski definition) is 0. The van der Waals surface area contributed by atoms with Crippen LogP contribution in [0.3, 0.4) is 0 Å². The van der Waals surface area contributed by atoms with E-state index in [0.29, 0.717) is 0 Å². The van der Waals surface area contributed by atoms with E-state index in [1.54, 1.807) is 0 Å². The molecule has 0 saturated carbocycles. The average Bonchev–Trinajstić information content (AvgIpc) is 3.47. The number of fused-ring (bicyclic) bond motifs is 12. The Morgan fingerprint density at radius 1 is 0.387 bits per heavy atom. The fourth-order valence-corrected chi connectivity index (χ4v) is 5.45. The van der Waals surface area contributed by atoms with Gasteiger partial charge in [-0.1, -0.05) is 54.6 Å². The van der Waals surface area contributed by atoms with Gasteiger partial charge < -0.3 is 15.0 Å². The minimum atomic E-state index is 1.16. The molecule has 0 aliphatic rings. The lowest BCUT2D eigenvalue weighted by Gasteiger charge is -1.98. The van der Waals surface area contributed by atoms with Crippen molar-refractivity contribution >= 4 is 76.2 Å². The van der Waals surface area contributed by atoms with Gasteiger partial charge >= 0.3 is 0 Å². The Balaban J connectivity index is 1.62. The van der Waals surface area contributed by atoms with Crippen LogP contribution in [0.2, 0.25) is 0 Å². The van der Waals surface area contributed by atoms with Crippen molar-refractivity contribution in [3.63, 3.8) is 0 Å². The number of hydrogen-bond donors (Lipinski definition) is 3. The van der Waals surface area contributed by atoms with Crippen LogP contribution >= 0.6 is 0 Å². The minimum Gasteiger partial charge on any atom is -0.354 e. The van der Waals surface area contributed by atoms with Crippen LogP contribution in [0.4, 0.5) is 0 Å². The third kappa shape index (κ3) is 1.89. The molecule has 3 aromatic heterocycles. The van der Waals surface area contributed by atoms with Crippen LogP contribution in [-0.2, 0) is 0 Å². The Labute approximate surface area is 176 Å². The molecule has 0 aliphatic heterocycles. The fourth-order valence-electron chi connectivity index (χ4n) is 5.45. The second kappa shape index (κ2) is 5.27. The Morgan fingerprint density at radius 3 is 1.77 bits per heavy atom. The van der Waals surface area contributed by atoms with E-state index >= 15 is 0 Å². The summed E-state index contributed by atoms with van der Waals surface area (Å²) in [5, 5.41) is 10.1. The van der Waals surface area contributed by atoms with E-state index in [2.05, 4.69) is 99.9 Å². The van der Waals surface area contributed by atoms with Crippen LogP contribution in [0.5, 0.6) is 0 Å². The molecule has 0 radical (unpaired) electrons. The van der Waals surface area contributed by atoms with Crippen molar-refractivity contribution in [1.82, 2.24) is 15.0 Å². The van der Waals surface area contributed by atoms with Crippen molar-refractivity contribution < 1.29 is 0 Å². The molecule has 3 heteroatoms. The van der Waals surface area contributed by atoms with Gasteiger partial charge in [-0.25, -0.2) is 0 Å². The van der Waals surface area contributed by atoms with Gasteiger partial charge in [-0.15, -0.1) is 0 Å². The predicted octanol–water partition coefficient (Wildman–Crippen LogP) is 7.74. The van der Waals surface area contributed by atoms with Crippen molar-refractivity contribution in [3.8, 4) is 0 Å². The molecule has 5 aromatic carbocycles. The summed E-state index contributed by atoms with van der Waals surface area (Å²) in [7, 11) is 0. The van der Waals surface area contributed by atoms with Crippen LogP contribution in [0, 0.1) is 0 Å². The molecule has 0 fully saturated rings. The Bertz CT molecular complexity index is 2000. The van der Waals surface area contributed by atoms with Crippen LogP contribution in [0.1, 0.15) is 0 Å². The van der Waals surface area contributed by atoms with Gasteiger partial charge in [-0.2, -0.15) is 0 Å². The van der Waals surface area contributed by atoms with Gasteiger partial charge in [-0.3, -0.25) is 0 Å². The van der Waals surface area contributed by atoms with Gasteiger partial charge in [-0.05, 0) is 41.1 Å². The van der Waals surface area contributed by atoms with Crippen molar-refractivity contribution in [2.24, 2.45) is 0 Å². The maximum absolute atomic E-state index is 3.76. The summed E-state index contributed by atoms with van der Waals surface area (Å²) >= 11 is 0. The zero-order valence-electron chi connectivity index (χ0n) is 16.6. The maximum atomic E-state index is 3.76. The highest BCUT2D eigenvalue weighted by Gasteiger charge is 2.16. The first-order chi connectivity index (χ1) is 15.3. The van der Waals surface area contributed by atoms with Crippen LogP contribution in [0.25, 0.3) is 76.2 Å². The minimum absolute atomic E-state index is 1.16. The van der Waals surface area contributed by atoms with Crippen molar-refractivity contribution in [2.45, 2.75) is 0 Å². The van der Waals surface area contributed by atoms with E-state index in [1.807, 2.05) is 0 Å². The molecule has 0 bridgehead atoms. The molecule has 0 saturated heterocycles. The second-order valence-electron chi connectivity index (χ2n) is 8.49. The molecule has 3 heterocycles. The van der Waals surface area contributed by atoms with Gasteiger partial charge in [0, 0.05) is 54.4 Å². The Morgan fingerprint density at radius 2 is 1.00 bits per heavy atom. The largest absolute Gasteiger partial charge is 0.354 e. The molecule has 0 aliphatic carbocycles. The van der Waals surface area contributed by atoms with Crippen LogP contribution < -0.4 is 0 Å². The molecule has 8 rings (SSSR count). The van der Waals surface area contributed by atoms with Crippen molar-refractivity contribution in [3.05, 3.63) is 84.9 Å². The first kappa shape index (κ1) is 15.6. The first-order valence-electron chi connectivity index (χ1n) is 10.6. The number of para-hydroxylation sites is 1. The summed E-state index contributed by atoms with van der Waals surface area (Å²) in [4.78, 5) is 11.1. The van der Waals surface area contributed by atoms with Crippen molar-refractivity contribution in [2.75, 3.05) is 0 Å². The number of H-pyrrole nitrogens is 3. The number of rotatable bonds is 0. The third-order valence-corrected chi connectivity index (χ3v) is 6.84. The zero-order valence-corrected chi connectivity index (χ0v) is 16.6. The highest BCUT2D eigenvalue weighted by atomic mass is 14.8. The van der Waals surface area contributed by atoms with Gasteiger partial charge in [0.15, 0.2) is 0 Å². The highest BCUT2D eigenvalue weighted by Crippen LogP contribution is 2.40. The summed E-state index contributed by atoms with van der Waals surface area (Å²) in [5.41, 5.74) is 7.06. The topological polar surface area (TPSA) is 47.4 Å². The zero-order chi connectivity index (χ0) is 20.1. The van der Waals surface area contributed by atoms with Crippen LogP contribution in [-0.4, -0.2) is 15.0 Å². The van der Waals surface area contributed by atoms with Crippen LogP contribution in [0.15, 0.2) is 84.9 Å². The monoisotopic (exact) mass is 395 g/mol. The molecule has 0 unspecified atom stereocenters. The second-order valence-corrected chi connectivity index (χ2v) is 8.49. The molecule has 3 nitrogen and oxygen atoms in total. The molecular formula is C28H17N3. The normalized spacial score (nSPS) is 12.5. The SMILES string of the molecule is c1ccc2cc3c(cc2c1)[nH]c1c3ccc2[nH]c3ccc4c5ccccc5[nH]c4c3c21. The fraction of sp³-hybridized carbons (Fsp3) is 0. The van der Waals surface area contributed by atoms with Crippen molar-refractivity contribution in [1.29, 1.82) is 0 Å². The lowest BCUT2D eigenvalue weighted by molar-refractivity contribution is 1.54. The van der Waals surface area contributed by atoms with Gasteiger partial charge in [0.05, 0.1) is 11.0 Å². The lowest BCUT2D eigenvalue weighted by atomic mass is 10.0. The number of aromatic nitrogens is 3. The van der Waals surface area contributed by atoms with E-state index in [-0.39, 0.29) is 0 Å². The molecule has 3 N–H and O–H groups in total. The lowest BCUT2D eigenvalue weighted by Crippen LogP contribution is -1.74. The van der Waals surface area contributed by atoms with E-state index < -0.39 is 0 Å². The summed E-state index contributed by atoms with van der Waals surface area (Å²) in [6.07, 6.45) is 0. The number of aromatic amines is 3. The standard InChI is InChI=1S/C28H17N3/c1-2-6-16-14-24-20(13-15(16)5-1)19-10-12-23-26(28(19)31-24)25-22(29-23)11-9-18-17-7-3-4-8-21(17)30-27(18)25/h1-14,29-31H.